The number of carbonyl (C=O) groups is 1. The van der Waals surface area contributed by atoms with Crippen LogP contribution in [0.3, 0.4) is 0 Å². The number of phenolic OH excluding ortho intramolecular Hbond substituents is 1. The van der Waals surface area contributed by atoms with Crippen LogP contribution in [-0.4, -0.2) is 90.1 Å². The number of nitrogens with one attached hydrogen (secondary N) is 5. The Morgan fingerprint density at radius 1 is 0.611 bits per heavy atom. The normalized spacial score (nSPS) is 12.4. The van der Waals surface area contributed by atoms with Crippen molar-refractivity contribution in [3.05, 3.63) is 336 Å². The van der Waals surface area contributed by atoms with Gasteiger partial charge in [-0.05, 0) is 211 Å². The summed E-state index contributed by atoms with van der Waals surface area (Å²) in [6, 6.07) is 73.1. The number of oxazole rings is 1. The first kappa shape index (κ1) is 83.6. The van der Waals surface area contributed by atoms with E-state index in [-0.39, 0.29) is 16.9 Å². The van der Waals surface area contributed by atoms with Crippen molar-refractivity contribution in [2.45, 2.75) is 65.4 Å². The Morgan fingerprint density at radius 3 is 1.98 bits per heavy atom. The molecule has 0 bridgehead atoms. The van der Waals surface area contributed by atoms with E-state index in [9.17, 15) is 9.90 Å². The molecule has 27 heteroatoms. The molecule has 5 heterocycles. The molecule has 15 rings (SSSR count). The number of fused-ring (bicyclic) bond motifs is 2. The summed E-state index contributed by atoms with van der Waals surface area (Å²) in [5.41, 5.74) is 22.2. The SMILES string of the molecule is CCc1ccc(Cc2ccc(Cl)cc2Cl)nn1.COc1cc(/C=N/Nc2nc3ccccc3[nH]2)ccc1O.COc1ccc(/C=N/Nc2nc3ccccc3o2)cc1OC.Cc1ccc(COn2ccnc2)cc1Cl.Cc1cccc(CC2SC(=Nc3ccccc3)NC2=O)c1Cl.Cc1ccccc1CNc1ccc(Cl)cc1. The number of phenols is 1. The van der Waals surface area contributed by atoms with E-state index >= 15 is 0 Å². The highest BCUT2D eigenvalue weighted by atomic mass is 35.5. The molecule has 6 N–H and O–H groups in total. The van der Waals surface area contributed by atoms with Gasteiger partial charge in [0.25, 0.3) is 0 Å². The van der Waals surface area contributed by atoms with Gasteiger partial charge in [-0.25, -0.2) is 25.8 Å². The monoisotopic (exact) mass is 1630 g/mol. The van der Waals surface area contributed by atoms with E-state index in [2.05, 4.69) is 105 Å². The van der Waals surface area contributed by atoms with Crippen LogP contribution in [0.15, 0.2) is 269 Å². The van der Waals surface area contributed by atoms with Gasteiger partial charge in [0.2, 0.25) is 11.9 Å². The standard InChI is InChI=1S/C17H15ClN2OS.C16H15N3O3.C15H14N4O2.C14H14ClN.C13H12Cl2N2.C11H11ClN2O/c1-11-6-5-7-12(15(11)18)10-14-16(21)20-17(22-14)19-13-8-3-2-4-9-13;1-20-14-8-7-11(9-15(14)21-2)10-17-19-16-18-12-5-3-4-6-13(12)22-16;1-21-14-8-10(6-7-13(14)20)9-16-19-15-17-11-4-2-3-5-12(11)18-15;1-11-4-2-3-5-12(11)10-16-14-8-6-13(15)7-9-14;1-2-11-5-6-12(17-16-11)7-9-3-4-10(14)8-13(9)15;1-9-2-3-10(6-11(9)12)7-15-14-5-4-13-8-14/h2-9,14H,10H2,1H3,(H,19,20,21);3-10H,1-2H3,(H,18,19);2-9,20H,1H3,(H2,17,18,19);2-9,16H,10H2,1H3;3-6,8H,2,7H2,1H3;2-6,8H,7H2,1H3/b;17-10+;16-9+;;;. The number of rotatable bonds is 21. The van der Waals surface area contributed by atoms with E-state index in [4.69, 9.17) is 81.5 Å². The minimum Gasteiger partial charge on any atom is -0.504 e. The van der Waals surface area contributed by atoms with Crippen molar-refractivity contribution in [1.82, 2.24) is 40.2 Å². The highest BCUT2D eigenvalue weighted by molar-refractivity contribution is 8.15. The van der Waals surface area contributed by atoms with E-state index < -0.39 is 0 Å². The second kappa shape index (κ2) is 43.1. The number of halogens is 5. The number of hydrogen-bond acceptors (Lipinski definition) is 19. The molecule has 1 unspecified atom stereocenters. The lowest BCUT2D eigenvalue weighted by Crippen LogP contribution is -2.26. The number of para-hydroxylation sites is 5. The molecule has 10 aromatic carbocycles. The molecule has 1 saturated heterocycles. The number of aliphatic imine (C=N–C) groups is 1. The molecule has 1 amide bonds. The number of methoxy groups -OCH3 is 3. The first-order valence-corrected chi connectivity index (χ1v) is 38.1. The van der Waals surface area contributed by atoms with Gasteiger partial charge in [-0.1, -0.05) is 180 Å². The largest absolute Gasteiger partial charge is 0.504 e. The minimum absolute atomic E-state index is 0.0164. The van der Waals surface area contributed by atoms with Gasteiger partial charge in [0.15, 0.2) is 33.7 Å². The molecule has 0 spiro atoms. The van der Waals surface area contributed by atoms with Crippen molar-refractivity contribution in [3.63, 3.8) is 0 Å². The lowest BCUT2D eigenvalue weighted by atomic mass is 10.1. The Kier molecular flexibility index (Phi) is 31.9. The van der Waals surface area contributed by atoms with E-state index in [0.717, 1.165) is 106 Å². The molecule has 578 valence electrons. The molecule has 0 radical (unpaired) electrons. The summed E-state index contributed by atoms with van der Waals surface area (Å²) in [6.45, 7) is 9.45. The molecular formula is C86H81Cl5N14O7S. The van der Waals surface area contributed by atoms with Crippen LogP contribution in [0, 0.1) is 20.8 Å². The van der Waals surface area contributed by atoms with Crippen LogP contribution in [0.25, 0.3) is 22.1 Å². The lowest BCUT2D eigenvalue weighted by molar-refractivity contribution is -0.118. The maximum atomic E-state index is 12.1. The van der Waals surface area contributed by atoms with Crippen LogP contribution in [0.5, 0.6) is 23.0 Å². The van der Waals surface area contributed by atoms with E-state index in [0.29, 0.717) is 69.5 Å². The molecule has 113 heavy (non-hydrogen) atoms. The Hall–Kier alpha value is -11.9. The number of ether oxygens (including phenoxy) is 3. The maximum Gasteiger partial charge on any atom is 0.316 e. The molecule has 0 aliphatic carbocycles. The minimum atomic E-state index is -0.193. The fourth-order valence-electron chi connectivity index (χ4n) is 10.5. The summed E-state index contributed by atoms with van der Waals surface area (Å²) >= 11 is 31.5. The summed E-state index contributed by atoms with van der Waals surface area (Å²) in [7, 11) is 4.69. The van der Waals surface area contributed by atoms with Crippen molar-refractivity contribution in [2.24, 2.45) is 15.2 Å². The number of aryl methyl sites for hydroxylation is 4. The number of benzene rings is 10. The van der Waals surface area contributed by atoms with E-state index in [1.807, 2.05) is 196 Å². The number of hydrogen-bond donors (Lipinski definition) is 6. The average Bonchev–Trinajstić information content (AvgIpc) is 1.74. The fourth-order valence-corrected chi connectivity index (χ4v) is 12.6. The number of imidazole rings is 2. The van der Waals surface area contributed by atoms with Crippen molar-refractivity contribution in [2.75, 3.05) is 37.5 Å². The molecular weight excluding hydrogens is 1550 g/mol. The van der Waals surface area contributed by atoms with Gasteiger partial charge in [-0.3, -0.25) is 4.79 Å². The van der Waals surface area contributed by atoms with Crippen LogP contribution in [0.2, 0.25) is 25.1 Å². The molecule has 4 aromatic heterocycles. The molecule has 1 aliphatic heterocycles. The Balaban J connectivity index is 0.000000145. The molecule has 1 atom stereocenters. The van der Waals surface area contributed by atoms with Crippen molar-refractivity contribution in [1.29, 1.82) is 0 Å². The highest BCUT2D eigenvalue weighted by Crippen LogP contribution is 2.32. The van der Waals surface area contributed by atoms with Gasteiger partial charge in [-0.2, -0.15) is 30.1 Å². The average molecular weight is 1630 g/mol. The number of aromatic nitrogens is 7. The second-order valence-corrected chi connectivity index (χ2v) is 28.1. The first-order valence-electron chi connectivity index (χ1n) is 35.4. The zero-order valence-corrected chi connectivity index (χ0v) is 67.3. The van der Waals surface area contributed by atoms with Crippen molar-refractivity contribution in [3.8, 4) is 23.0 Å². The van der Waals surface area contributed by atoms with Gasteiger partial charge in [0.05, 0.1) is 73.3 Å². The number of nitrogens with zero attached hydrogens (tertiary/aromatic N) is 9. The van der Waals surface area contributed by atoms with Crippen LogP contribution in [0.4, 0.5) is 23.3 Å². The number of anilines is 3. The number of aromatic hydroxyl groups is 1. The number of thioether (sulfide) groups is 1. The number of carbonyl (C=O) groups excluding carboxylic acids is 1. The smallest absolute Gasteiger partial charge is 0.316 e. The zero-order valence-electron chi connectivity index (χ0n) is 62.7. The summed E-state index contributed by atoms with van der Waals surface area (Å²) in [4.78, 5) is 37.6. The van der Waals surface area contributed by atoms with Gasteiger partial charge < -0.3 is 44.2 Å². The number of amidine groups is 1. The van der Waals surface area contributed by atoms with Crippen LogP contribution in [0.1, 0.15) is 68.4 Å². The highest BCUT2D eigenvalue weighted by Gasteiger charge is 2.31. The summed E-state index contributed by atoms with van der Waals surface area (Å²) in [6.07, 6.45) is 10.5. The lowest BCUT2D eigenvalue weighted by Gasteiger charge is -2.09. The molecule has 14 aromatic rings. The third-order valence-electron chi connectivity index (χ3n) is 16.7. The van der Waals surface area contributed by atoms with Gasteiger partial charge >= 0.3 is 6.01 Å². The Morgan fingerprint density at radius 2 is 1.28 bits per heavy atom. The first-order chi connectivity index (χ1) is 54.9. The quantitative estimate of drug-likeness (QED) is 0.0289. The van der Waals surface area contributed by atoms with E-state index in [1.54, 1.807) is 74.4 Å². The number of hydrazone groups is 2. The number of amides is 1. The van der Waals surface area contributed by atoms with Gasteiger partial charge in [0, 0.05) is 50.0 Å². The van der Waals surface area contributed by atoms with Crippen molar-refractivity contribution >= 4 is 139 Å². The van der Waals surface area contributed by atoms with Gasteiger partial charge in [0.1, 0.15) is 18.5 Å². The predicted octanol–water partition coefficient (Wildman–Crippen LogP) is 20.8. The topological polar surface area (TPSA) is 258 Å². The molecule has 21 nitrogen and oxygen atoms in total. The number of aromatic amines is 1. The summed E-state index contributed by atoms with van der Waals surface area (Å²) in [5.74, 6) is 2.37. The zero-order chi connectivity index (χ0) is 79.9. The molecule has 0 saturated carbocycles. The maximum absolute atomic E-state index is 12.1. The van der Waals surface area contributed by atoms with Crippen LogP contribution < -0.4 is 40.5 Å². The van der Waals surface area contributed by atoms with Crippen LogP contribution >= 0.6 is 69.8 Å². The Labute approximate surface area is 684 Å². The fraction of sp³-hybridized carbons (Fsp3) is 0.151. The molecule has 1 aliphatic rings. The summed E-state index contributed by atoms with van der Waals surface area (Å²) in [5, 5.41) is 36.3. The molecule has 1 fully saturated rings. The van der Waals surface area contributed by atoms with E-state index in [1.165, 1.54) is 30.0 Å². The van der Waals surface area contributed by atoms with Crippen molar-refractivity contribution < 1.29 is 33.4 Å². The summed E-state index contributed by atoms with van der Waals surface area (Å²) < 4.78 is 22.5. The third-order valence-corrected chi connectivity index (χ3v) is 19.6. The third kappa shape index (κ3) is 26.1. The van der Waals surface area contributed by atoms with Gasteiger partial charge in [-0.15, -0.1) is 0 Å². The Bertz CT molecular complexity index is 5420. The second-order valence-electron chi connectivity index (χ2n) is 24.8. The number of H-pyrrole nitrogens is 1. The predicted molar refractivity (Wildman–Crippen MR) is 459 cm³/mol. The van der Waals surface area contributed by atoms with Crippen LogP contribution in [-0.2, 0) is 37.2 Å².